The van der Waals surface area contributed by atoms with Crippen LogP contribution in [0.1, 0.15) is 141 Å². The van der Waals surface area contributed by atoms with E-state index in [0.29, 0.717) is 11.1 Å². The second-order valence-electron chi connectivity index (χ2n) is 10.7. The second kappa shape index (κ2) is 17.1. The first-order chi connectivity index (χ1) is 18.7. The van der Waals surface area contributed by atoms with Gasteiger partial charge in [-0.15, -0.1) is 0 Å². The molecule has 3 rings (SSSR count). The van der Waals surface area contributed by atoms with Crippen molar-refractivity contribution in [2.45, 2.75) is 129 Å². The Bertz CT molecular complexity index is 1200. The lowest BCUT2D eigenvalue weighted by molar-refractivity contribution is 0.579. The molecule has 0 atom stereocenters. The van der Waals surface area contributed by atoms with Gasteiger partial charge >= 0.3 is 0 Å². The highest BCUT2D eigenvalue weighted by molar-refractivity contribution is 5.49. The first-order valence-electron chi connectivity index (χ1n) is 15.3. The van der Waals surface area contributed by atoms with Gasteiger partial charge in [0.15, 0.2) is 0 Å². The summed E-state index contributed by atoms with van der Waals surface area (Å²) in [5, 5.41) is 3.37. The van der Waals surface area contributed by atoms with E-state index in [-0.39, 0.29) is 11.6 Å². The van der Waals surface area contributed by atoms with Gasteiger partial charge in [-0.2, -0.15) is 0 Å². The Hall–Kier alpha value is -2.58. The van der Waals surface area contributed by atoms with E-state index in [9.17, 15) is 8.78 Å². The molecule has 0 unspecified atom stereocenters. The molecule has 0 aromatic heterocycles. The van der Waals surface area contributed by atoms with Crippen LogP contribution in [-0.2, 0) is 0 Å². The van der Waals surface area contributed by atoms with Crippen LogP contribution in [0.4, 0.5) is 8.78 Å². The summed E-state index contributed by atoms with van der Waals surface area (Å²) in [4.78, 5) is 0. The van der Waals surface area contributed by atoms with E-state index < -0.39 is 0 Å². The molecular formula is C36H46F2. The molecule has 2 aromatic carbocycles. The first-order valence-corrected chi connectivity index (χ1v) is 15.3. The summed E-state index contributed by atoms with van der Waals surface area (Å²) in [6.45, 7) is 4.48. The lowest BCUT2D eigenvalue weighted by Crippen LogP contribution is -2.02. The lowest BCUT2D eigenvalue weighted by Gasteiger charge is -2.10. The maximum absolute atomic E-state index is 14.7. The van der Waals surface area contributed by atoms with Crippen LogP contribution >= 0.6 is 0 Å². The summed E-state index contributed by atoms with van der Waals surface area (Å²) in [6, 6.07) is 6.43. The van der Waals surface area contributed by atoms with E-state index in [2.05, 4.69) is 37.5 Å². The Kier molecular flexibility index (Phi) is 13.5. The number of benzene rings is 2. The fraction of sp³-hybridized carbons (Fsp3) is 0.556. The third kappa shape index (κ3) is 8.73. The van der Waals surface area contributed by atoms with Crippen LogP contribution in [0, 0.1) is 56.2 Å². The maximum atomic E-state index is 14.7. The molecule has 0 N–H and O–H groups in total. The van der Waals surface area contributed by atoms with Crippen LogP contribution in [0.15, 0.2) is 24.3 Å². The lowest BCUT2D eigenvalue weighted by atomic mass is 9.93. The Morgan fingerprint density at radius 3 is 1.18 bits per heavy atom. The second-order valence-corrected chi connectivity index (χ2v) is 10.7. The van der Waals surface area contributed by atoms with Gasteiger partial charge in [0.2, 0.25) is 0 Å². The quantitative estimate of drug-likeness (QED) is 0.131. The van der Waals surface area contributed by atoms with E-state index in [4.69, 9.17) is 0 Å². The molecule has 0 saturated carbocycles. The predicted octanol–water partition coefficient (Wildman–Crippen LogP) is 10.6. The van der Waals surface area contributed by atoms with Crippen molar-refractivity contribution in [1.29, 1.82) is 0 Å². The van der Waals surface area contributed by atoms with Gasteiger partial charge in [-0.3, -0.25) is 0 Å². The van der Waals surface area contributed by atoms with Crippen molar-refractivity contribution < 1.29 is 8.78 Å². The Labute approximate surface area is 229 Å². The molecule has 1 aliphatic rings. The summed E-state index contributed by atoms with van der Waals surface area (Å²) in [5.74, 6) is 12.0. The third-order valence-corrected chi connectivity index (χ3v) is 7.59. The van der Waals surface area contributed by atoms with Crippen molar-refractivity contribution in [2.24, 2.45) is 0 Å². The van der Waals surface area contributed by atoms with E-state index in [1.165, 1.54) is 102 Å². The highest BCUT2D eigenvalue weighted by Gasteiger charge is 2.14. The van der Waals surface area contributed by atoms with Crippen LogP contribution in [-0.4, -0.2) is 0 Å². The smallest absolute Gasteiger partial charge is 0.139 e. The summed E-state index contributed by atoms with van der Waals surface area (Å²) in [7, 11) is 0. The van der Waals surface area contributed by atoms with Crippen molar-refractivity contribution in [1.82, 2.24) is 0 Å². The van der Waals surface area contributed by atoms with E-state index in [0.717, 1.165) is 46.6 Å². The van der Waals surface area contributed by atoms with Crippen molar-refractivity contribution in [3.63, 3.8) is 0 Å². The predicted molar refractivity (Wildman–Crippen MR) is 156 cm³/mol. The third-order valence-electron chi connectivity index (χ3n) is 7.59. The Balaban J connectivity index is 1.60. The molecule has 0 saturated heterocycles. The zero-order valence-electron chi connectivity index (χ0n) is 23.8. The molecule has 1 aliphatic carbocycles. The molecule has 2 aromatic rings. The van der Waals surface area contributed by atoms with Crippen molar-refractivity contribution >= 4 is 0 Å². The molecule has 204 valence electrons. The summed E-state index contributed by atoms with van der Waals surface area (Å²) in [5.41, 5.74) is 0.887. The molecule has 0 radical (unpaired) electrons. The van der Waals surface area contributed by atoms with Crippen LogP contribution in [0.2, 0.25) is 0 Å². The minimum atomic E-state index is -0.301. The molecule has 0 spiro atoms. The number of hydrogen-bond donors (Lipinski definition) is 0. The molecule has 0 nitrogen and oxygen atoms in total. The van der Waals surface area contributed by atoms with E-state index in [1.54, 1.807) is 12.1 Å². The zero-order chi connectivity index (χ0) is 27.0. The monoisotopic (exact) mass is 516 g/mol. The SMILES string of the molecule is CCCCCCCCCCC#Cc1c(F)ccc2c1=c1ccc(F)c(C#CCCCCCCCCCC)c1=2. The number of unbranched alkanes of at least 4 members (excludes halogenated alkanes) is 16. The van der Waals surface area contributed by atoms with E-state index in [1.807, 2.05) is 0 Å². The molecule has 0 heterocycles. The van der Waals surface area contributed by atoms with Crippen molar-refractivity contribution in [3.05, 3.63) is 67.9 Å². The zero-order valence-corrected chi connectivity index (χ0v) is 23.8. The molecule has 0 bridgehead atoms. The highest BCUT2D eigenvalue weighted by atomic mass is 19.1. The van der Waals surface area contributed by atoms with Crippen molar-refractivity contribution in [2.75, 3.05) is 0 Å². The van der Waals surface area contributed by atoms with Gasteiger partial charge in [-0.1, -0.05) is 140 Å². The fourth-order valence-electron chi connectivity index (χ4n) is 5.31. The minimum Gasteiger partial charge on any atom is -0.206 e. The Morgan fingerprint density at radius 2 is 0.816 bits per heavy atom. The van der Waals surface area contributed by atoms with Crippen LogP contribution in [0.25, 0.3) is 0 Å². The Morgan fingerprint density at radius 1 is 0.474 bits per heavy atom. The van der Waals surface area contributed by atoms with Gasteiger partial charge in [0.1, 0.15) is 11.6 Å². The fourth-order valence-corrected chi connectivity index (χ4v) is 5.31. The number of fused-ring (bicyclic) bond motifs is 2. The highest BCUT2D eigenvalue weighted by Crippen LogP contribution is 2.23. The minimum absolute atomic E-state index is 0.301. The average molecular weight is 517 g/mol. The molecule has 0 aliphatic heterocycles. The average Bonchev–Trinajstić information content (AvgIpc) is 2.91. The summed E-state index contributed by atoms with van der Waals surface area (Å²) >= 11 is 0. The normalized spacial score (nSPS) is 11.1. The molecule has 2 heteroatoms. The molecule has 0 amide bonds. The first kappa shape index (κ1) is 30.0. The largest absolute Gasteiger partial charge is 0.206 e. The van der Waals surface area contributed by atoms with Gasteiger partial charge < -0.3 is 0 Å². The molecular weight excluding hydrogens is 470 g/mol. The topological polar surface area (TPSA) is 0 Å². The van der Waals surface area contributed by atoms with Crippen molar-refractivity contribution in [3.8, 4) is 23.7 Å². The van der Waals surface area contributed by atoms with Gasteiger partial charge in [-0.25, -0.2) is 8.78 Å². The number of hydrogen-bond acceptors (Lipinski definition) is 0. The van der Waals surface area contributed by atoms with Gasteiger partial charge in [0.25, 0.3) is 0 Å². The van der Waals surface area contributed by atoms with Crippen LogP contribution in [0.5, 0.6) is 0 Å². The number of rotatable bonds is 16. The van der Waals surface area contributed by atoms with Gasteiger partial charge in [0.05, 0.1) is 11.1 Å². The maximum Gasteiger partial charge on any atom is 0.139 e. The van der Waals surface area contributed by atoms with Crippen LogP contribution < -0.4 is 0 Å². The summed E-state index contributed by atoms with van der Waals surface area (Å²) in [6.07, 6.45) is 21.7. The standard InChI is InChI=1S/C36H46F2/c1-3-5-7-9-11-13-15-17-19-21-23-29-33(37)27-25-31-35(29)32-26-28-34(38)30(36(31)32)24-22-20-18-16-14-12-10-8-6-4-2/h25-28H,3-20H2,1-2H3. The van der Waals surface area contributed by atoms with Gasteiger partial charge in [-0.05, 0) is 35.4 Å². The van der Waals surface area contributed by atoms with E-state index >= 15 is 0 Å². The van der Waals surface area contributed by atoms with Gasteiger partial charge in [0, 0.05) is 23.3 Å². The summed E-state index contributed by atoms with van der Waals surface area (Å²) < 4.78 is 29.5. The molecule has 0 fully saturated rings. The van der Waals surface area contributed by atoms with Crippen LogP contribution in [0.3, 0.4) is 0 Å². The molecule has 38 heavy (non-hydrogen) atoms. The number of halogens is 2.